The second kappa shape index (κ2) is 8.51. The summed E-state index contributed by atoms with van der Waals surface area (Å²) in [6, 6.07) is 14.1. The standard InChI is InChI=1S/C19H19F3N2O2/c1-14(25)24(17-10-6-5-9-16(17)19(20,21)22)12-11-18(26)23-13-15-7-3-2-4-8-15/h2-10H,11-13H2,1H3,(H,23,26). The first-order chi connectivity index (χ1) is 12.3. The predicted octanol–water partition coefficient (Wildman–Crippen LogP) is 3.76. The van der Waals surface area contributed by atoms with Gasteiger partial charge in [0.15, 0.2) is 0 Å². The van der Waals surface area contributed by atoms with E-state index in [1.54, 1.807) is 0 Å². The normalized spacial score (nSPS) is 11.1. The monoisotopic (exact) mass is 364 g/mol. The molecule has 0 radical (unpaired) electrons. The third-order valence-corrected chi connectivity index (χ3v) is 3.78. The average molecular weight is 364 g/mol. The van der Waals surface area contributed by atoms with E-state index in [2.05, 4.69) is 5.32 Å². The van der Waals surface area contributed by atoms with E-state index in [0.717, 1.165) is 16.5 Å². The zero-order chi connectivity index (χ0) is 19.2. The lowest BCUT2D eigenvalue weighted by molar-refractivity contribution is -0.137. The zero-order valence-corrected chi connectivity index (χ0v) is 14.2. The minimum atomic E-state index is -4.58. The van der Waals surface area contributed by atoms with Crippen LogP contribution in [-0.2, 0) is 22.3 Å². The van der Waals surface area contributed by atoms with Crippen molar-refractivity contribution in [2.75, 3.05) is 11.4 Å². The number of anilines is 1. The van der Waals surface area contributed by atoms with Gasteiger partial charge in [-0.2, -0.15) is 13.2 Å². The maximum Gasteiger partial charge on any atom is 0.418 e. The van der Waals surface area contributed by atoms with E-state index in [9.17, 15) is 22.8 Å². The van der Waals surface area contributed by atoms with Gasteiger partial charge >= 0.3 is 6.18 Å². The fraction of sp³-hybridized carbons (Fsp3) is 0.263. The Balaban J connectivity index is 2.03. The third kappa shape index (κ3) is 5.34. The smallest absolute Gasteiger partial charge is 0.352 e. The van der Waals surface area contributed by atoms with Crippen LogP contribution in [0, 0.1) is 0 Å². The molecule has 0 bridgehead atoms. The largest absolute Gasteiger partial charge is 0.418 e. The van der Waals surface area contributed by atoms with E-state index in [0.29, 0.717) is 6.54 Å². The highest BCUT2D eigenvalue weighted by Gasteiger charge is 2.35. The molecule has 0 aliphatic carbocycles. The molecule has 2 aromatic carbocycles. The number of hydrogen-bond acceptors (Lipinski definition) is 2. The minimum Gasteiger partial charge on any atom is -0.352 e. The summed E-state index contributed by atoms with van der Waals surface area (Å²) in [7, 11) is 0. The summed E-state index contributed by atoms with van der Waals surface area (Å²) in [5, 5.41) is 2.69. The van der Waals surface area contributed by atoms with Crippen LogP contribution in [0.1, 0.15) is 24.5 Å². The lowest BCUT2D eigenvalue weighted by Crippen LogP contribution is -2.35. The maximum absolute atomic E-state index is 13.2. The van der Waals surface area contributed by atoms with Gasteiger partial charge in [0, 0.05) is 26.4 Å². The molecule has 26 heavy (non-hydrogen) atoms. The Morgan fingerprint density at radius 1 is 1.00 bits per heavy atom. The number of nitrogens with zero attached hydrogens (tertiary/aromatic N) is 1. The summed E-state index contributed by atoms with van der Waals surface area (Å²) < 4.78 is 39.5. The van der Waals surface area contributed by atoms with Crippen molar-refractivity contribution in [2.45, 2.75) is 26.1 Å². The highest BCUT2D eigenvalue weighted by Crippen LogP contribution is 2.36. The molecule has 0 spiro atoms. The fourth-order valence-electron chi connectivity index (χ4n) is 2.49. The van der Waals surface area contributed by atoms with Gasteiger partial charge in [-0.25, -0.2) is 0 Å². The molecule has 0 saturated heterocycles. The molecule has 4 nitrogen and oxygen atoms in total. The number of carbonyl (C=O) groups excluding carboxylic acids is 2. The van der Waals surface area contributed by atoms with E-state index in [-0.39, 0.29) is 24.6 Å². The lowest BCUT2D eigenvalue weighted by Gasteiger charge is -2.24. The summed E-state index contributed by atoms with van der Waals surface area (Å²) in [6.07, 6.45) is -4.68. The van der Waals surface area contributed by atoms with Gasteiger partial charge in [-0.15, -0.1) is 0 Å². The van der Waals surface area contributed by atoms with Crippen LogP contribution in [0.2, 0.25) is 0 Å². The molecule has 2 rings (SSSR count). The van der Waals surface area contributed by atoms with E-state index < -0.39 is 17.6 Å². The van der Waals surface area contributed by atoms with Crippen molar-refractivity contribution in [3.63, 3.8) is 0 Å². The number of amides is 2. The molecular formula is C19H19F3N2O2. The van der Waals surface area contributed by atoms with Crippen molar-refractivity contribution in [1.82, 2.24) is 5.32 Å². The Morgan fingerprint density at radius 2 is 1.62 bits per heavy atom. The van der Waals surface area contributed by atoms with Crippen LogP contribution in [0.3, 0.4) is 0 Å². The Kier molecular flexibility index (Phi) is 6.38. The number of para-hydroxylation sites is 1. The van der Waals surface area contributed by atoms with Crippen LogP contribution in [0.25, 0.3) is 0 Å². The SMILES string of the molecule is CC(=O)N(CCC(=O)NCc1ccccc1)c1ccccc1C(F)(F)F. The van der Waals surface area contributed by atoms with Gasteiger partial charge in [0.2, 0.25) is 11.8 Å². The topological polar surface area (TPSA) is 49.4 Å². The van der Waals surface area contributed by atoms with Crippen LogP contribution in [0.4, 0.5) is 18.9 Å². The molecule has 0 aliphatic rings. The molecule has 0 saturated carbocycles. The van der Waals surface area contributed by atoms with Gasteiger partial charge in [0.25, 0.3) is 0 Å². The molecule has 0 aromatic heterocycles. The van der Waals surface area contributed by atoms with Gasteiger partial charge in [0.1, 0.15) is 0 Å². The lowest BCUT2D eigenvalue weighted by atomic mass is 10.1. The summed E-state index contributed by atoms with van der Waals surface area (Å²) in [4.78, 5) is 24.8. The first-order valence-electron chi connectivity index (χ1n) is 8.04. The summed E-state index contributed by atoms with van der Waals surface area (Å²) >= 11 is 0. The molecule has 2 aromatic rings. The quantitative estimate of drug-likeness (QED) is 0.848. The van der Waals surface area contributed by atoms with Gasteiger partial charge < -0.3 is 10.2 Å². The fourth-order valence-corrected chi connectivity index (χ4v) is 2.49. The first-order valence-corrected chi connectivity index (χ1v) is 8.04. The molecular weight excluding hydrogens is 345 g/mol. The molecule has 0 unspecified atom stereocenters. The van der Waals surface area contributed by atoms with Gasteiger partial charge in [-0.1, -0.05) is 42.5 Å². The molecule has 7 heteroatoms. The van der Waals surface area contributed by atoms with E-state index in [1.807, 2.05) is 30.3 Å². The number of nitrogens with one attached hydrogen (secondary N) is 1. The second-order valence-corrected chi connectivity index (χ2v) is 5.70. The molecule has 0 atom stereocenters. The number of rotatable bonds is 6. The van der Waals surface area contributed by atoms with Crippen molar-refractivity contribution in [3.05, 3.63) is 65.7 Å². The van der Waals surface area contributed by atoms with Gasteiger partial charge in [-0.3, -0.25) is 9.59 Å². The van der Waals surface area contributed by atoms with Crippen LogP contribution in [0.5, 0.6) is 0 Å². The van der Waals surface area contributed by atoms with Crippen LogP contribution in [0.15, 0.2) is 54.6 Å². The molecule has 2 amide bonds. The summed E-state index contributed by atoms with van der Waals surface area (Å²) in [6.45, 7) is 1.36. The van der Waals surface area contributed by atoms with E-state index in [4.69, 9.17) is 0 Å². The summed E-state index contributed by atoms with van der Waals surface area (Å²) in [5.74, 6) is -0.901. The Bertz CT molecular complexity index is 761. The number of carbonyl (C=O) groups is 2. The Morgan fingerprint density at radius 3 is 2.23 bits per heavy atom. The van der Waals surface area contributed by atoms with E-state index in [1.165, 1.54) is 25.1 Å². The number of halogens is 3. The van der Waals surface area contributed by atoms with Crippen molar-refractivity contribution in [2.24, 2.45) is 0 Å². The Labute approximate surface area is 149 Å². The Hall–Kier alpha value is -2.83. The van der Waals surface area contributed by atoms with Crippen molar-refractivity contribution >= 4 is 17.5 Å². The zero-order valence-electron chi connectivity index (χ0n) is 14.2. The summed E-state index contributed by atoms with van der Waals surface area (Å²) in [5.41, 5.74) is -0.241. The highest BCUT2D eigenvalue weighted by atomic mass is 19.4. The highest BCUT2D eigenvalue weighted by molar-refractivity contribution is 5.93. The van der Waals surface area contributed by atoms with Crippen molar-refractivity contribution in [3.8, 4) is 0 Å². The van der Waals surface area contributed by atoms with Crippen LogP contribution < -0.4 is 10.2 Å². The number of alkyl halides is 3. The molecule has 1 N–H and O–H groups in total. The van der Waals surface area contributed by atoms with Crippen LogP contribution in [-0.4, -0.2) is 18.4 Å². The minimum absolute atomic E-state index is 0.0986. The molecule has 0 aliphatic heterocycles. The van der Waals surface area contributed by atoms with Crippen molar-refractivity contribution in [1.29, 1.82) is 0 Å². The molecule has 0 heterocycles. The third-order valence-electron chi connectivity index (χ3n) is 3.78. The molecule has 0 fully saturated rings. The predicted molar refractivity (Wildman–Crippen MR) is 92.4 cm³/mol. The van der Waals surface area contributed by atoms with E-state index >= 15 is 0 Å². The average Bonchev–Trinajstić information content (AvgIpc) is 2.60. The van der Waals surface area contributed by atoms with Crippen LogP contribution >= 0.6 is 0 Å². The van der Waals surface area contributed by atoms with Gasteiger partial charge in [-0.05, 0) is 17.7 Å². The number of benzene rings is 2. The first kappa shape index (κ1) is 19.5. The van der Waals surface area contributed by atoms with Crippen molar-refractivity contribution < 1.29 is 22.8 Å². The second-order valence-electron chi connectivity index (χ2n) is 5.70. The van der Waals surface area contributed by atoms with Gasteiger partial charge in [0.05, 0.1) is 11.3 Å². The number of hydrogen-bond donors (Lipinski definition) is 1. The maximum atomic E-state index is 13.2. The molecule has 138 valence electrons.